The zero-order chi connectivity index (χ0) is 16.8. The summed E-state index contributed by atoms with van der Waals surface area (Å²) in [4.78, 5) is 41.9. The number of fused-ring (bicyclic) bond motifs is 2. The van der Waals surface area contributed by atoms with E-state index >= 15 is 0 Å². The average molecular weight is 322 g/mol. The fraction of sp³-hybridized carbons (Fsp3) is 0.316. The Hall–Kier alpha value is -2.69. The van der Waals surface area contributed by atoms with Crippen LogP contribution in [0.4, 0.5) is 5.69 Å². The van der Waals surface area contributed by atoms with E-state index in [4.69, 9.17) is 0 Å². The van der Waals surface area contributed by atoms with E-state index in [1.807, 2.05) is 31.2 Å². The van der Waals surface area contributed by atoms with Crippen LogP contribution in [0, 0.1) is 0 Å². The van der Waals surface area contributed by atoms with Gasteiger partial charge in [-0.25, -0.2) is 0 Å². The molecule has 2 aliphatic rings. The molecule has 1 atom stereocenters. The maximum atomic E-state index is 13.0. The molecule has 1 aliphatic heterocycles. The van der Waals surface area contributed by atoms with E-state index in [2.05, 4.69) is 4.98 Å². The van der Waals surface area contributed by atoms with Crippen molar-refractivity contribution in [2.75, 3.05) is 4.90 Å². The zero-order valence-corrected chi connectivity index (χ0v) is 13.5. The molecular weight excluding hydrogens is 304 g/mol. The lowest BCUT2D eigenvalue weighted by Gasteiger charge is -2.23. The second-order valence-electron chi connectivity index (χ2n) is 6.54. The summed E-state index contributed by atoms with van der Waals surface area (Å²) < 4.78 is 0. The summed E-state index contributed by atoms with van der Waals surface area (Å²) in [6, 6.07) is 9.21. The largest absolute Gasteiger partial charge is 0.325 e. The fourth-order valence-corrected chi connectivity index (χ4v) is 3.74. The van der Waals surface area contributed by atoms with Crippen LogP contribution in [-0.2, 0) is 12.8 Å². The number of amides is 1. The molecule has 0 unspecified atom stereocenters. The molecule has 0 radical (unpaired) electrons. The summed E-state index contributed by atoms with van der Waals surface area (Å²) >= 11 is 0. The summed E-state index contributed by atoms with van der Waals surface area (Å²) in [5.41, 5.74) is 2.73. The van der Waals surface area contributed by atoms with Crippen LogP contribution in [0.2, 0.25) is 0 Å². The van der Waals surface area contributed by atoms with Crippen molar-refractivity contribution in [3.8, 4) is 0 Å². The van der Waals surface area contributed by atoms with Gasteiger partial charge in [-0.3, -0.25) is 14.4 Å². The first kappa shape index (κ1) is 14.9. The molecule has 0 spiro atoms. The van der Waals surface area contributed by atoms with Crippen LogP contribution in [0.25, 0.3) is 0 Å². The van der Waals surface area contributed by atoms with Gasteiger partial charge in [-0.05, 0) is 43.9 Å². The van der Waals surface area contributed by atoms with E-state index in [0.29, 0.717) is 24.1 Å². The van der Waals surface area contributed by atoms with Gasteiger partial charge in [0.25, 0.3) is 11.5 Å². The molecule has 2 heterocycles. The molecule has 1 aromatic heterocycles. The number of benzene rings is 1. The number of pyridine rings is 1. The lowest BCUT2D eigenvalue weighted by atomic mass is 9.93. The third-order valence-corrected chi connectivity index (χ3v) is 4.91. The van der Waals surface area contributed by atoms with Gasteiger partial charge in [0.05, 0.1) is 0 Å². The number of para-hydroxylation sites is 1. The zero-order valence-electron chi connectivity index (χ0n) is 13.5. The summed E-state index contributed by atoms with van der Waals surface area (Å²) in [5.74, 6) is -0.341. The number of anilines is 1. The number of H-pyrrole nitrogens is 1. The first-order chi connectivity index (χ1) is 11.6. The van der Waals surface area contributed by atoms with E-state index in [1.165, 1.54) is 6.07 Å². The van der Waals surface area contributed by atoms with Crippen molar-refractivity contribution in [1.82, 2.24) is 4.98 Å². The lowest BCUT2D eigenvalue weighted by Crippen LogP contribution is -2.39. The van der Waals surface area contributed by atoms with Gasteiger partial charge in [0, 0.05) is 29.4 Å². The third-order valence-electron chi connectivity index (χ3n) is 4.91. The lowest BCUT2D eigenvalue weighted by molar-refractivity contribution is 0.0971. The first-order valence-electron chi connectivity index (χ1n) is 8.27. The number of aromatic amines is 1. The van der Waals surface area contributed by atoms with Gasteiger partial charge in [0.15, 0.2) is 5.78 Å². The van der Waals surface area contributed by atoms with Gasteiger partial charge in [-0.2, -0.15) is 0 Å². The van der Waals surface area contributed by atoms with E-state index < -0.39 is 5.56 Å². The van der Waals surface area contributed by atoms with Gasteiger partial charge in [-0.15, -0.1) is 0 Å². The van der Waals surface area contributed by atoms with Crippen LogP contribution in [0.15, 0.2) is 35.1 Å². The highest BCUT2D eigenvalue weighted by molar-refractivity contribution is 6.09. The molecule has 1 aromatic carbocycles. The SMILES string of the molecule is C[C@H]1Cc2ccccc2N1C(=O)c1cc2c([nH]c1=O)CCCC2=O. The van der Waals surface area contributed by atoms with Crippen LogP contribution in [0.3, 0.4) is 0 Å². The minimum atomic E-state index is -0.412. The number of carbonyl (C=O) groups excluding carboxylic acids is 2. The topological polar surface area (TPSA) is 70.2 Å². The Bertz CT molecular complexity index is 913. The van der Waals surface area contributed by atoms with Crippen LogP contribution >= 0.6 is 0 Å². The highest BCUT2D eigenvalue weighted by Gasteiger charge is 2.33. The van der Waals surface area contributed by atoms with Crippen LogP contribution in [0.1, 0.15) is 51.7 Å². The number of aromatic nitrogens is 1. The molecule has 1 aliphatic carbocycles. The molecule has 1 N–H and O–H groups in total. The number of hydrogen-bond donors (Lipinski definition) is 1. The van der Waals surface area contributed by atoms with Gasteiger partial charge in [-0.1, -0.05) is 18.2 Å². The first-order valence-corrected chi connectivity index (χ1v) is 8.27. The van der Waals surface area contributed by atoms with Crippen molar-refractivity contribution in [1.29, 1.82) is 0 Å². The Morgan fingerprint density at radius 2 is 2.00 bits per heavy atom. The monoisotopic (exact) mass is 322 g/mol. The van der Waals surface area contributed by atoms with Gasteiger partial charge >= 0.3 is 0 Å². The molecule has 0 fully saturated rings. The van der Waals surface area contributed by atoms with Gasteiger partial charge in [0.1, 0.15) is 5.56 Å². The number of hydrogen-bond acceptors (Lipinski definition) is 3. The summed E-state index contributed by atoms with van der Waals surface area (Å²) in [6.45, 7) is 1.97. The van der Waals surface area contributed by atoms with E-state index in [1.54, 1.807) is 4.90 Å². The number of carbonyl (C=O) groups is 2. The predicted octanol–water partition coefficient (Wildman–Crippen LogP) is 2.49. The average Bonchev–Trinajstić information content (AvgIpc) is 2.89. The molecule has 5 nitrogen and oxygen atoms in total. The summed E-state index contributed by atoms with van der Waals surface area (Å²) in [6.07, 6.45) is 2.65. The fourth-order valence-electron chi connectivity index (χ4n) is 3.74. The smallest absolute Gasteiger partial charge is 0.264 e. The normalized spacial score (nSPS) is 19.1. The maximum Gasteiger partial charge on any atom is 0.264 e. The summed E-state index contributed by atoms with van der Waals surface area (Å²) in [7, 11) is 0. The Morgan fingerprint density at radius 3 is 2.83 bits per heavy atom. The number of aryl methyl sites for hydroxylation is 1. The number of ketones is 1. The molecule has 5 heteroatoms. The highest BCUT2D eigenvalue weighted by Crippen LogP contribution is 2.33. The standard InChI is InChI=1S/C19H18N2O3/c1-11-9-12-5-2-3-7-16(12)21(11)19(24)14-10-13-15(20-18(14)23)6-4-8-17(13)22/h2-3,5,7,10-11H,4,6,8-9H2,1H3,(H,20,23)/t11-/m0/s1. The quantitative estimate of drug-likeness (QED) is 0.877. The number of rotatable bonds is 1. The van der Waals surface area contributed by atoms with Crippen molar-refractivity contribution in [2.24, 2.45) is 0 Å². The molecule has 2 aromatic rings. The van der Waals surface area contributed by atoms with Crippen molar-refractivity contribution >= 4 is 17.4 Å². The molecule has 0 bridgehead atoms. The number of nitrogens with one attached hydrogen (secondary N) is 1. The highest BCUT2D eigenvalue weighted by atomic mass is 16.2. The molecule has 4 rings (SSSR count). The maximum absolute atomic E-state index is 13.0. The predicted molar refractivity (Wildman–Crippen MR) is 90.7 cm³/mol. The van der Waals surface area contributed by atoms with E-state index in [9.17, 15) is 14.4 Å². The van der Waals surface area contributed by atoms with Crippen molar-refractivity contribution in [3.05, 3.63) is 63.1 Å². The molecule has 0 saturated carbocycles. The Kier molecular flexibility index (Phi) is 3.37. The Morgan fingerprint density at radius 1 is 1.21 bits per heavy atom. The minimum Gasteiger partial charge on any atom is -0.325 e. The van der Waals surface area contributed by atoms with Crippen LogP contribution < -0.4 is 10.5 Å². The van der Waals surface area contributed by atoms with Gasteiger partial charge in [0.2, 0.25) is 0 Å². The summed E-state index contributed by atoms with van der Waals surface area (Å²) in [5, 5.41) is 0. The van der Waals surface area contributed by atoms with Crippen LogP contribution in [-0.4, -0.2) is 22.7 Å². The molecular formula is C19H18N2O3. The molecule has 24 heavy (non-hydrogen) atoms. The van der Waals surface area contributed by atoms with E-state index in [0.717, 1.165) is 24.1 Å². The van der Waals surface area contributed by atoms with E-state index in [-0.39, 0.29) is 23.3 Å². The van der Waals surface area contributed by atoms with Crippen LogP contribution in [0.5, 0.6) is 0 Å². The Balaban J connectivity index is 1.80. The van der Waals surface area contributed by atoms with Crippen molar-refractivity contribution in [3.63, 3.8) is 0 Å². The Labute approximate surface area is 139 Å². The van der Waals surface area contributed by atoms with Crippen molar-refractivity contribution in [2.45, 2.75) is 38.6 Å². The number of nitrogens with zero attached hydrogens (tertiary/aromatic N) is 1. The molecule has 122 valence electrons. The van der Waals surface area contributed by atoms with Crippen molar-refractivity contribution < 1.29 is 9.59 Å². The number of Topliss-reactive ketones (excluding diaryl/α,β-unsaturated/α-hetero) is 1. The molecule has 0 saturated heterocycles. The third kappa shape index (κ3) is 2.19. The second kappa shape index (κ2) is 5.44. The minimum absolute atomic E-state index is 0.00331. The van der Waals surface area contributed by atoms with Gasteiger partial charge < -0.3 is 9.88 Å². The second-order valence-corrected chi connectivity index (χ2v) is 6.54. The molecule has 1 amide bonds.